The van der Waals surface area contributed by atoms with Crippen molar-refractivity contribution < 1.29 is 4.74 Å². The Kier molecular flexibility index (Phi) is 3.35. The Morgan fingerprint density at radius 3 is 2.21 bits per heavy atom. The molecule has 1 fully saturated rings. The molecule has 1 aliphatic rings. The first-order valence-electron chi connectivity index (χ1n) is 6.53. The summed E-state index contributed by atoms with van der Waals surface area (Å²) in [5.41, 5.74) is -0.268. The smallest absolute Gasteiger partial charge is 0.177 e. The maximum atomic E-state index is 9.55. The molecule has 2 rings (SSSR count). The molecule has 0 unspecified atom stereocenters. The zero-order chi connectivity index (χ0) is 14.1. The molecule has 1 aromatic carbocycles. The topological polar surface area (TPSA) is 56.8 Å². The lowest BCUT2D eigenvalue weighted by molar-refractivity contribution is -0.169. The molecule has 3 nitrogen and oxygen atoms in total. The lowest BCUT2D eigenvalue weighted by Gasteiger charge is -2.59. The van der Waals surface area contributed by atoms with E-state index in [1.165, 1.54) is 0 Å². The zero-order valence-electron chi connectivity index (χ0n) is 11.6. The lowest BCUT2D eigenvalue weighted by atomic mass is 9.43. The van der Waals surface area contributed by atoms with Crippen LogP contribution in [0.25, 0.3) is 0 Å². The van der Waals surface area contributed by atoms with E-state index in [0.29, 0.717) is 6.61 Å². The fourth-order valence-corrected chi connectivity index (χ4v) is 3.50. The maximum Gasteiger partial charge on any atom is 0.177 e. The molecule has 0 aromatic heterocycles. The molecule has 0 radical (unpaired) electrons. The number of rotatable bonds is 3. The lowest BCUT2D eigenvalue weighted by Crippen LogP contribution is -2.64. The summed E-state index contributed by atoms with van der Waals surface area (Å²) >= 11 is 0. The van der Waals surface area contributed by atoms with Gasteiger partial charge in [-0.3, -0.25) is 0 Å². The second-order valence-electron chi connectivity index (χ2n) is 5.59. The van der Waals surface area contributed by atoms with Gasteiger partial charge in [-0.25, -0.2) is 0 Å². The second-order valence-corrected chi connectivity index (χ2v) is 5.59. The van der Waals surface area contributed by atoms with Crippen molar-refractivity contribution in [1.82, 2.24) is 0 Å². The van der Waals surface area contributed by atoms with Crippen molar-refractivity contribution >= 4 is 0 Å². The molecule has 0 aliphatic heterocycles. The van der Waals surface area contributed by atoms with Crippen LogP contribution in [0, 0.1) is 33.5 Å². The van der Waals surface area contributed by atoms with Gasteiger partial charge in [0.2, 0.25) is 0 Å². The van der Waals surface area contributed by atoms with E-state index in [4.69, 9.17) is 4.74 Å². The predicted molar refractivity (Wildman–Crippen MR) is 72.0 cm³/mol. The first-order chi connectivity index (χ1) is 9.04. The molecule has 1 aromatic rings. The van der Waals surface area contributed by atoms with Crippen molar-refractivity contribution in [3.05, 3.63) is 35.9 Å². The van der Waals surface area contributed by atoms with Crippen LogP contribution in [0.15, 0.2) is 30.3 Å². The highest BCUT2D eigenvalue weighted by atomic mass is 16.5. The van der Waals surface area contributed by atoms with Crippen LogP contribution in [-0.2, 0) is 4.74 Å². The fraction of sp³-hybridized carbons (Fsp3) is 0.500. The Balaban J connectivity index is 2.49. The Hall–Kier alpha value is -1.84. The van der Waals surface area contributed by atoms with Gasteiger partial charge in [-0.2, -0.15) is 10.5 Å². The van der Waals surface area contributed by atoms with Gasteiger partial charge >= 0.3 is 0 Å². The van der Waals surface area contributed by atoms with E-state index in [0.717, 1.165) is 5.56 Å². The van der Waals surface area contributed by atoms with Crippen molar-refractivity contribution in [2.45, 2.75) is 32.8 Å². The van der Waals surface area contributed by atoms with Gasteiger partial charge in [-0.15, -0.1) is 0 Å². The molecule has 0 N–H and O–H groups in total. The molecule has 0 bridgehead atoms. The minimum atomic E-state index is -1.08. The van der Waals surface area contributed by atoms with Gasteiger partial charge in [-0.05, 0) is 12.5 Å². The summed E-state index contributed by atoms with van der Waals surface area (Å²) in [6.45, 7) is 6.54. The Labute approximate surface area is 114 Å². The van der Waals surface area contributed by atoms with E-state index in [-0.39, 0.29) is 17.4 Å². The van der Waals surface area contributed by atoms with E-state index >= 15 is 0 Å². The molecule has 1 aliphatic carbocycles. The van der Waals surface area contributed by atoms with Gasteiger partial charge in [0.25, 0.3) is 0 Å². The maximum absolute atomic E-state index is 9.55. The quantitative estimate of drug-likeness (QED) is 0.832. The highest BCUT2D eigenvalue weighted by molar-refractivity contribution is 5.42. The van der Waals surface area contributed by atoms with Crippen LogP contribution in [0.4, 0.5) is 0 Å². The molecule has 98 valence electrons. The largest absolute Gasteiger partial charge is 0.375 e. The number of nitriles is 2. The highest BCUT2D eigenvalue weighted by Crippen LogP contribution is 2.65. The van der Waals surface area contributed by atoms with Crippen LogP contribution in [-0.4, -0.2) is 12.7 Å². The van der Waals surface area contributed by atoms with Crippen molar-refractivity contribution in [2.24, 2.45) is 10.8 Å². The first kappa shape index (κ1) is 13.6. The van der Waals surface area contributed by atoms with Gasteiger partial charge in [0.1, 0.15) is 0 Å². The van der Waals surface area contributed by atoms with E-state index in [1.807, 2.05) is 37.3 Å². The van der Waals surface area contributed by atoms with E-state index < -0.39 is 5.41 Å². The molecular weight excluding hydrogens is 236 g/mol. The normalized spacial score (nSPS) is 26.8. The van der Waals surface area contributed by atoms with Crippen LogP contribution in [0.3, 0.4) is 0 Å². The SMILES string of the molecule is CCO[C@H]1C(C)(C)[C@@H](c2ccccc2)C1(C#N)C#N. The van der Waals surface area contributed by atoms with E-state index in [1.54, 1.807) is 0 Å². The third-order valence-electron chi connectivity index (χ3n) is 4.12. The monoisotopic (exact) mass is 254 g/mol. The summed E-state index contributed by atoms with van der Waals surface area (Å²) < 4.78 is 5.70. The van der Waals surface area contributed by atoms with Crippen LogP contribution in [0.5, 0.6) is 0 Å². The average molecular weight is 254 g/mol. The van der Waals surface area contributed by atoms with Crippen LogP contribution in [0.2, 0.25) is 0 Å². The number of ether oxygens (including phenoxy) is 1. The standard InChI is InChI=1S/C16H18N2O/c1-4-19-14-15(2,3)13(16(14,10-17)11-18)12-8-6-5-7-9-12/h5-9,13-14H,4H2,1-3H3/t13-,14+/m1/s1. The van der Waals surface area contributed by atoms with Gasteiger partial charge in [0.15, 0.2) is 5.41 Å². The van der Waals surface area contributed by atoms with Crippen LogP contribution in [0.1, 0.15) is 32.3 Å². The molecule has 3 heteroatoms. The van der Waals surface area contributed by atoms with Crippen molar-refractivity contribution in [3.8, 4) is 12.1 Å². The van der Waals surface area contributed by atoms with Gasteiger partial charge < -0.3 is 4.74 Å². The van der Waals surface area contributed by atoms with Gasteiger partial charge in [-0.1, -0.05) is 44.2 Å². The molecule has 0 amide bonds. The Bertz CT molecular complexity index is 522. The number of hydrogen-bond acceptors (Lipinski definition) is 3. The molecule has 0 heterocycles. The fourth-order valence-electron chi connectivity index (χ4n) is 3.50. The van der Waals surface area contributed by atoms with E-state index in [9.17, 15) is 10.5 Å². The van der Waals surface area contributed by atoms with Crippen LogP contribution < -0.4 is 0 Å². The molecule has 0 spiro atoms. The summed E-state index contributed by atoms with van der Waals surface area (Å²) in [4.78, 5) is 0. The van der Waals surface area contributed by atoms with Crippen molar-refractivity contribution in [3.63, 3.8) is 0 Å². The summed E-state index contributed by atoms with van der Waals surface area (Å²) in [7, 11) is 0. The third kappa shape index (κ3) is 1.74. The molecule has 0 saturated heterocycles. The Morgan fingerprint density at radius 1 is 1.16 bits per heavy atom. The predicted octanol–water partition coefficient (Wildman–Crippen LogP) is 3.25. The zero-order valence-corrected chi connectivity index (χ0v) is 11.6. The molecule has 2 atom stereocenters. The second kappa shape index (κ2) is 4.68. The minimum Gasteiger partial charge on any atom is -0.375 e. The van der Waals surface area contributed by atoms with Crippen molar-refractivity contribution in [1.29, 1.82) is 10.5 Å². The summed E-state index contributed by atoms with van der Waals surface area (Å²) in [5.74, 6) is -0.118. The number of nitrogens with zero attached hydrogens (tertiary/aromatic N) is 2. The number of hydrogen-bond donors (Lipinski definition) is 0. The summed E-state index contributed by atoms with van der Waals surface area (Å²) in [6, 6.07) is 14.2. The van der Waals surface area contributed by atoms with Gasteiger partial charge in [0.05, 0.1) is 18.2 Å². The minimum absolute atomic E-state index is 0.118. The first-order valence-corrected chi connectivity index (χ1v) is 6.53. The molecular formula is C16H18N2O. The average Bonchev–Trinajstić information content (AvgIpc) is 2.42. The van der Waals surface area contributed by atoms with Gasteiger partial charge in [0, 0.05) is 17.9 Å². The number of benzene rings is 1. The summed E-state index contributed by atoms with van der Waals surface area (Å²) in [6.07, 6.45) is -0.342. The summed E-state index contributed by atoms with van der Waals surface area (Å²) in [5, 5.41) is 19.1. The van der Waals surface area contributed by atoms with E-state index in [2.05, 4.69) is 26.0 Å². The Morgan fingerprint density at radius 2 is 1.74 bits per heavy atom. The van der Waals surface area contributed by atoms with Crippen molar-refractivity contribution in [2.75, 3.05) is 6.61 Å². The van der Waals surface area contributed by atoms with Crippen LogP contribution >= 0.6 is 0 Å². The molecule has 19 heavy (non-hydrogen) atoms. The highest BCUT2D eigenvalue weighted by Gasteiger charge is 2.69. The third-order valence-corrected chi connectivity index (χ3v) is 4.12. The molecule has 1 saturated carbocycles.